The van der Waals surface area contributed by atoms with E-state index in [1.807, 2.05) is 0 Å². The smallest absolute Gasteiger partial charge is 0.121 e. The van der Waals surface area contributed by atoms with Crippen LogP contribution in [0.1, 0.15) is 13.3 Å². The van der Waals surface area contributed by atoms with Gasteiger partial charge in [0.15, 0.2) is 0 Å². The molecule has 0 fully saturated rings. The highest BCUT2D eigenvalue weighted by atomic mass is 16.4. The second kappa shape index (κ2) is 5.59. The maximum absolute atomic E-state index is 9.73. The third kappa shape index (κ3) is 3.16. The molecule has 0 aromatic rings. The van der Waals surface area contributed by atoms with E-state index in [-0.39, 0.29) is 0 Å². The summed E-state index contributed by atoms with van der Waals surface area (Å²) in [6.45, 7) is -0.101. The van der Waals surface area contributed by atoms with Crippen molar-refractivity contribution in [3.63, 3.8) is 0 Å². The third-order valence-corrected chi connectivity index (χ3v) is 2.25. The van der Waals surface area contributed by atoms with Crippen LogP contribution in [0.25, 0.3) is 0 Å². The van der Waals surface area contributed by atoms with Crippen molar-refractivity contribution in [2.24, 2.45) is 0 Å². The minimum atomic E-state index is -2.02. The Morgan fingerprint density at radius 3 is 1.86 bits per heavy atom. The Balaban J connectivity index is 4.55. The molecule has 0 aromatic carbocycles. The first kappa shape index (κ1) is 13.8. The van der Waals surface area contributed by atoms with Crippen LogP contribution in [-0.4, -0.2) is 67.8 Å². The normalized spacial score (nSPS) is 22.5. The molecule has 0 aliphatic carbocycles. The molecule has 0 spiro atoms. The number of aliphatic hydroxyl groups is 6. The predicted molar refractivity (Wildman–Crippen MR) is 47.4 cm³/mol. The van der Waals surface area contributed by atoms with Crippen LogP contribution in [0.5, 0.6) is 0 Å². The molecular formula is C8H18O6. The van der Waals surface area contributed by atoms with Crippen molar-refractivity contribution in [1.82, 2.24) is 0 Å². The quantitative estimate of drug-likeness (QED) is 0.281. The van der Waals surface area contributed by atoms with Crippen molar-refractivity contribution in [2.45, 2.75) is 37.3 Å². The zero-order valence-corrected chi connectivity index (χ0v) is 8.04. The summed E-state index contributed by atoms with van der Waals surface area (Å²) < 4.78 is 0. The fourth-order valence-corrected chi connectivity index (χ4v) is 1.19. The summed E-state index contributed by atoms with van der Waals surface area (Å²) >= 11 is 0. The van der Waals surface area contributed by atoms with Gasteiger partial charge in [0, 0.05) is 6.42 Å². The van der Waals surface area contributed by atoms with Crippen molar-refractivity contribution in [1.29, 1.82) is 0 Å². The summed E-state index contributed by atoms with van der Waals surface area (Å²) in [6, 6.07) is 0. The van der Waals surface area contributed by atoms with Gasteiger partial charge in [-0.15, -0.1) is 0 Å². The molecule has 0 radical (unpaired) electrons. The van der Waals surface area contributed by atoms with E-state index in [4.69, 9.17) is 15.3 Å². The van der Waals surface area contributed by atoms with E-state index in [1.54, 1.807) is 0 Å². The van der Waals surface area contributed by atoms with Gasteiger partial charge >= 0.3 is 0 Å². The van der Waals surface area contributed by atoms with E-state index in [9.17, 15) is 15.3 Å². The Hall–Kier alpha value is -0.240. The van der Waals surface area contributed by atoms with Crippen molar-refractivity contribution in [3.8, 4) is 0 Å². The molecule has 0 saturated carbocycles. The first-order valence-corrected chi connectivity index (χ1v) is 4.36. The van der Waals surface area contributed by atoms with Gasteiger partial charge in [0.1, 0.15) is 11.7 Å². The van der Waals surface area contributed by atoms with Crippen LogP contribution in [0.2, 0.25) is 0 Å². The molecular weight excluding hydrogens is 192 g/mol. The van der Waals surface area contributed by atoms with Crippen molar-refractivity contribution in [3.05, 3.63) is 0 Å². The highest BCUT2D eigenvalue weighted by molar-refractivity contribution is 4.92. The number of hydrogen-bond acceptors (Lipinski definition) is 6. The molecule has 0 amide bonds. The van der Waals surface area contributed by atoms with Crippen LogP contribution in [0.15, 0.2) is 0 Å². The van der Waals surface area contributed by atoms with Crippen molar-refractivity contribution >= 4 is 0 Å². The average Bonchev–Trinajstić information content (AvgIpc) is 2.15. The zero-order chi connectivity index (χ0) is 11.4. The van der Waals surface area contributed by atoms with Crippen LogP contribution < -0.4 is 0 Å². The van der Waals surface area contributed by atoms with E-state index in [0.717, 1.165) is 0 Å². The lowest BCUT2D eigenvalue weighted by molar-refractivity contribution is -0.170. The maximum Gasteiger partial charge on any atom is 0.121 e. The molecule has 0 heterocycles. The largest absolute Gasteiger partial charge is 0.394 e. The maximum atomic E-state index is 9.73. The first-order valence-electron chi connectivity index (χ1n) is 4.36. The molecule has 0 aliphatic rings. The van der Waals surface area contributed by atoms with Crippen molar-refractivity contribution in [2.75, 3.05) is 13.2 Å². The van der Waals surface area contributed by atoms with E-state index < -0.39 is 43.5 Å². The Labute approximate surface area is 82.1 Å². The highest BCUT2D eigenvalue weighted by Crippen LogP contribution is 2.22. The van der Waals surface area contributed by atoms with Gasteiger partial charge in [-0.25, -0.2) is 0 Å². The average molecular weight is 210 g/mol. The van der Waals surface area contributed by atoms with Crippen LogP contribution in [0, 0.1) is 0 Å². The molecule has 0 saturated heterocycles. The third-order valence-electron chi connectivity index (χ3n) is 2.25. The minimum Gasteiger partial charge on any atom is -0.394 e. The second-order valence-corrected chi connectivity index (χ2v) is 3.41. The minimum absolute atomic E-state index is 0.414. The van der Waals surface area contributed by atoms with Crippen LogP contribution in [0.3, 0.4) is 0 Å². The lowest BCUT2D eigenvalue weighted by Crippen LogP contribution is -2.54. The second-order valence-electron chi connectivity index (χ2n) is 3.41. The molecule has 0 bridgehead atoms. The summed E-state index contributed by atoms with van der Waals surface area (Å²) in [6.07, 6.45) is -4.56. The van der Waals surface area contributed by atoms with Gasteiger partial charge in [-0.3, -0.25) is 0 Å². The summed E-state index contributed by atoms with van der Waals surface area (Å²) in [5.74, 6) is 0. The van der Waals surface area contributed by atoms with Gasteiger partial charge in [-0.2, -0.15) is 0 Å². The Morgan fingerprint density at radius 1 is 1.07 bits per heavy atom. The first-order chi connectivity index (χ1) is 6.38. The topological polar surface area (TPSA) is 121 Å². The van der Waals surface area contributed by atoms with E-state index in [2.05, 4.69) is 0 Å². The molecule has 4 unspecified atom stereocenters. The fourth-order valence-electron chi connectivity index (χ4n) is 1.19. The van der Waals surface area contributed by atoms with E-state index >= 15 is 0 Å². The Bertz CT molecular complexity index is 162. The number of aliphatic hydroxyl groups excluding tert-OH is 5. The molecule has 86 valence electrons. The summed E-state index contributed by atoms with van der Waals surface area (Å²) in [5.41, 5.74) is -2.02. The van der Waals surface area contributed by atoms with E-state index in [0.29, 0.717) is 0 Å². The molecule has 6 heteroatoms. The zero-order valence-electron chi connectivity index (χ0n) is 8.04. The number of hydrogen-bond donors (Lipinski definition) is 6. The number of rotatable bonds is 6. The molecule has 6 N–H and O–H groups in total. The molecule has 0 rings (SSSR count). The van der Waals surface area contributed by atoms with Crippen LogP contribution in [-0.2, 0) is 0 Å². The lowest BCUT2D eigenvalue weighted by atomic mass is 9.85. The summed E-state index contributed by atoms with van der Waals surface area (Å²) in [5, 5.41) is 54.4. The summed E-state index contributed by atoms with van der Waals surface area (Å²) in [7, 11) is 0. The monoisotopic (exact) mass is 210 g/mol. The highest BCUT2D eigenvalue weighted by Gasteiger charge is 2.41. The van der Waals surface area contributed by atoms with Gasteiger partial charge in [-0.05, 0) is 6.92 Å². The molecule has 4 atom stereocenters. The SMILES string of the molecule is CC(O)C(O)(CC(O)CO)C(O)CO. The molecule has 14 heavy (non-hydrogen) atoms. The molecule has 0 aromatic heterocycles. The Morgan fingerprint density at radius 2 is 1.57 bits per heavy atom. The van der Waals surface area contributed by atoms with Gasteiger partial charge in [0.05, 0.1) is 25.4 Å². The fraction of sp³-hybridized carbons (Fsp3) is 1.00. The van der Waals surface area contributed by atoms with Crippen molar-refractivity contribution < 1.29 is 30.6 Å². The van der Waals surface area contributed by atoms with Crippen LogP contribution >= 0.6 is 0 Å². The van der Waals surface area contributed by atoms with Gasteiger partial charge in [-0.1, -0.05) is 0 Å². The molecule has 0 aliphatic heterocycles. The van der Waals surface area contributed by atoms with Gasteiger partial charge in [0.2, 0.25) is 0 Å². The predicted octanol–water partition coefficient (Wildman–Crippen LogP) is -2.81. The lowest BCUT2D eigenvalue weighted by Gasteiger charge is -2.35. The standard InChI is InChI=1S/C8H18O6/c1-5(11)8(14,7(13)4-10)2-6(12)3-9/h5-7,9-14H,2-4H2,1H3. The van der Waals surface area contributed by atoms with Gasteiger partial charge in [0.25, 0.3) is 0 Å². The van der Waals surface area contributed by atoms with Gasteiger partial charge < -0.3 is 30.6 Å². The summed E-state index contributed by atoms with van der Waals surface area (Å²) in [4.78, 5) is 0. The van der Waals surface area contributed by atoms with Crippen LogP contribution in [0.4, 0.5) is 0 Å². The Kier molecular flexibility index (Phi) is 5.50. The van der Waals surface area contributed by atoms with E-state index in [1.165, 1.54) is 6.92 Å². The molecule has 6 nitrogen and oxygen atoms in total.